The predicted octanol–water partition coefficient (Wildman–Crippen LogP) is -0.254. The number of hydrogen-bond acceptors (Lipinski definition) is 1. The summed E-state index contributed by atoms with van der Waals surface area (Å²) in [5, 5.41) is 0. The summed E-state index contributed by atoms with van der Waals surface area (Å²) in [5.41, 5.74) is 0. The molecule has 0 aliphatic heterocycles. The topological polar surface area (TPSA) is 37.3 Å². The molecule has 38 valence electrons. The van der Waals surface area contributed by atoms with Crippen molar-refractivity contribution >= 4 is 40.6 Å². The third-order valence-electron chi connectivity index (χ3n) is 0.260. The Bertz CT molecular complexity index is 73.3. The van der Waals surface area contributed by atoms with Crippen LogP contribution in [0.4, 0.5) is 0 Å². The number of rotatable bonds is 2. The first-order chi connectivity index (χ1) is 2.77. The monoisotopic (exact) mass is 130 g/mol. The molecule has 2 nitrogen and oxygen atoms in total. The molecule has 1 atom stereocenters. The normalized spacial score (nSPS) is 11.6. The van der Waals surface area contributed by atoms with Crippen molar-refractivity contribution in [1.29, 1.82) is 0 Å². The van der Waals surface area contributed by atoms with Gasteiger partial charge in [0.1, 0.15) is 0 Å². The summed E-state index contributed by atoms with van der Waals surface area (Å²) >= 11 is -1.68. The minimum atomic E-state index is -1.68. The van der Waals surface area contributed by atoms with Gasteiger partial charge in [0, 0.05) is 0 Å². The molecule has 0 aromatic carbocycles. The van der Waals surface area contributed by atoms with Gasteiger partial charge in [-0.1, -0.05) is 6.08 Å². The second-order valence-corrected chi connectivity index (χ2v) is 1.75. The zero-order valence-corrected chi connectivity index (χ0v) is 4.07. The fraction of sp³-hybridized carbons (Fsp3) is 0.333. The Balaban J connectivity index is 0. The van der Waals surface area contributed by atoms with Crippen LogP contribution in [0.2, 0.25) is 0 Å². The zero-order valence-electron chi connectivity index (χ0n) is 3.26. The Morgan fingerprint density at radius 2 is 2.29 bits per heavy atom. The summed E-state index contributed by atoms with van der Waals surface area (Å²) in [4.78, 5) is 0. The predicted molar refractivity (Wildman–Crippen MR) is 33.0 cm³/mol. The van der Waals surface area contributed by atoms with E-state index in [9.17, 15) is 4.21 Å². The summed E-state index contributed by atoms with van der Waals surface area (Å²) in [7, 11) is 0. The molecule has 0 aromatic heterocycles. The van der Waals surface area contributed by atoms with Gasteiger partial charge in [-0.15, -0.1) is 6.58 Å². The molecule has 1 N–H and O–H groups in total. The van der Waals surface area contributed by atoms with Gasteiger partial charge in [0.2, 0.25) is 0 Å². The van der Waals surface area contributed by atoms with Crippen molar-refractivity contribution < 1.29 is 8.76 Å². The first-order valence-electron chi connectivity index (χ1n) is 1.45. The molecule has 0 aromatic rings. The van der Waals surface area contributed by atoms with Crippen LogP contribution in [0.5, 0.6) is 0 Å². The molecule has 0 fully saturated rings. The molecule has 0 aliphatic rings. The number of hydrogen-bond donors (Lipinski definition) is 1. The van der Waals surface area contributed by atoms with Crippen molar-refractivity contribution in [3.63, 3.8) is 0 Å². The van der Waals surface area contributed by atoms with E-state index >= 15 is 0 Å². The van der Waals surface area contributed by atoms with Gasteiger partial charge in [-0.2, -0.15) is 0 Å². The van der Waals surface area contributed by atoms with Crippen molar-refractivity contribution in [2.75, 3.05) is 5.75 Å². The maximum absolute atomic E-state index is 9.64. The fourth-order valence-electron chi connectivity index (χ4n) is 0.101. The van der Waals surface area contributed by atoms with E-state index in [2.05, 4.69) is 6.58 Å². The van der Waals surface area contributed by atoms with Gasteiger partial charge in [-0.05, 0) is 0 Å². The van der Waals surface area contributed by atoms with Crippen LogP contribution in [0.25, 0.3) is 0 Å². The van der Waals surface area contributed by atoms with Gasteiger partial charge in [0.05, 0.1) is 5.75 Å². The van der Waals surface area contributed by atoms with E-state index in [0.717, 1.165) is 0 Å². The van der Waals surface area contributed by atoms with Crippen molar-refractivity contribution in [2.24, 2.45) is 0 Å². The van der Waals surface area contributed by atoms with E-state index in [4.69, 9.17) is 4.55 Å². The SMILES string of the molecule is C=CCS(=O)O.[NaH]. The van der Waals surface area contributed by atoms with Crippen molar-refractivity contribution in [3.8, 4) is 0 Å². The third-order valence-corrected chi connectivity index (χ3v) is 0.781. The van der Waals surface area contributed by atoms with Crippen LogP contribution in [-0.2, 0) is 11.1 Å². The van der Waals surface area contributed by atoms with Crippen LogP contribution in [0.3, 0.4) is 0 Å². The molecule has 0 aliphatic carbocycles. The van der Waals surface area contributed by atoms with Crippen molar-refractivity contribution in [2.45, 2.75) is 0 Å². The van der Waals surface area contributed by atoms with Gasteiger partial charge >= 0.3 is 29.6 Å². The van der Waals surface area contributed by atoms with Crippen LogP contribution in [0, 0.1) is 0 Å². The molecule has 0 amide bonds. The standard InChI is InChI=1S/C3H6O2S.Na.H/c1-2-3-6(4)5;;/h2H,1,3H2,(H,4,5);;. The molecular formula is C3H7NaO2S. The molecule has 0 saturated carbocycles. The minimum absolute atomic E-state index is 0. The first kappa shape index (κ1) is 10.8. The Hall–Kier alpha value is 0.850. The van der Waals surface area contributed by atoms with E-state index in [1.807, 2.05) is 0 Å². The quantitative estimate of drug-likeness (QED) is 0.318. The van der Waals surface area contributed by atoms with Gasteiger partial charge in [0.15, 0.2) is 11.1 Å². The van der Waals surface area contributed by atoms with Crippen LogP contribution in [0.15, 0.2) is 12.7 Å². The maximum atomic E-state index is 9.64. The molecule has 0 radical (unpaired) electrons. The second-order valence-electron chi connectivity index (χ2n) is 0.777. The third kappa shape index (κ3) is 10.9. The van der Waals surface area contributed by atoms with Gasteiger partial charge in [0.25, 0.3) is 0 Å². The first-order valence-corrected chi connectivity index (χ1v) is 2.73. The molecule has 7 heavy (non-hydrogen) atoms. The van der Waals surface area contributed by atoms with Crippen LogP contribution in [0.1, 0.15) is 0 Å². The average Bonchev–Trinajstić information content (AvgIpc) is 1.35. The van der Waals surface area contributed by atoms with E-state index in [1.54, 1.807) is 0 Å². The summed E-state index contributed by atoms with van der Waals surface area (Å²) in [6.07, 6.45) is 1.40. The molecular weight excluding hydrogens is 123 g/mol. The van der Waals surface area contributed by atoms with E-state index in [-0.39, 0.29) is 35.3 Å². The Labute approximate surface area is 67.6 Å². The van der Waals surface area contributed by atoms with Gasteiger partial charge in [-0.3, -0.25) is 0 Å². The van der Waals surface area contributed by atoms with Gasteiger partial charge in [-0.25, -0.2) is 4.21 Å². The van der Waals surface area contributed by atoms with Crippen LogP contribution < -0.4 is 0 Å². The summed E-state index contributed by atoms with van der Waals surface area (Å²) in [5.74, 6) is 0.167. The fourth-order valence-corrected chi connectivity index (χ4v) is 0.302. The molecule has 0 saturated heterocycles. The molecule has 4 heteroatoms. The average molecular weight is 130 g/mol. The zero-order chi connectivity index (χ0) is 4.99. The Morgan fingerprint density at radius 3 is 2.29 bits per heavy atom. The van der Waals surface area contributed by atoms with Crippen molar-refractivity contribution in [1.82, 2.24) is 0 Å². The molecule has 0 bridgehead atoms. The molecule has 1 unspecified atom stereocenters. The molecule has 0 heterocycles. The summed E-state index contributed by atoms with van der Waals surface area (Å²) in [6, 6.07) is 0. The van der Waals surface area contributed by atoms with Gasteiger partial charge < -0.3 is 4.55 Å². The summed E-state index contributed by atoms with van der Waals surface area (Å²) < 4.78 is 17.6. The van der Waals surface area contributed by atoms with Crippen LogP contribution in [-0.4, -0.2) is 44.1 Å². The Morgan fingerprint density at radius 1 is 1.86 bits per heavy atom. The van der Waals surface area contributed by atoms with E-state index in [0.29, 0.717) is 0 Å². The van der Waals surface area contributed by atoms with E-state index < -0.39 is 11.1 Å². The van der Waals surface area contributed by atoms with Crippen molar-refractivity contribution in [3.05, 3.63) is 12.7 Å². The van der Waals surface area contributed by atoms with E-state index in [1.165, 1.54) is 6.08 Å². The molecule has 0 rings (SSSR count). The molecule has 0 spiro atoms. The van der Waals surface area contributed by atoms with Crippen LogP contribution >= 0.6 is 0 Å². The second kappa shape index (κ2) is 6.85. The Kier molecular flexibility index (Phi) is 10.5. The summed E-state index contributed by atoms with van der Waals surface area (Å²) in [6.45, 7) is 3.25.